The average molecular weight is 486 g/mol. The molecule has 176 valence electrons. The molecular formula is C21H18N4O8S. The fourth-order valence-electron chi connectivity index (χ4n) is 2.30. The third kappa shape index (κ3) is 8.68. The SMILES string of the molecule is C=Cc1ccc([N+](=O)[O-])cc1.NOOSc1cccc(NC(=O)Oc2ccc([N+](=O)[O-])cc2)c1. The van der Waals surface area contributed by atoms with Crippen LogP contribution >= 0.6 is 12.0 Å². The molecule has 34 heavy (non-hydrogen) atoms. The summed E-state index contributed by atoms with van der Waals surface area (Å²) in [6.07, 6.45) is 0.904. The summed E-state index contributed by atoms with van der Waals surface area (Å²) in [4.78, 5) is 36.1. The highest BCUT2D eigenvalue weighted by Crippen LogP contribution is 2.23. The highest BCUT2D eigenvalue weighted by atomic mass is 32.2. The van der Waals surface area contributed by atoms with Gasteiger partial charge in [-0.25, -0.2) is 4.79 Å². The Balaban J connectivity index is 0.000000310. The molecule has 12 nitrogen and oxygen atoms in total. The van der Waals surface area contributed by atoms with Crippen LogP contribution in [0.15, 0.2) is 84.3 Å². The van der Waals surface area contributed by atoms with E-state index in [9.17, 15) is 25.0 Å². The summed E-state index contributed by atoms with van der Waals surface area (Å²) in [5, 5.41) is 23.2. The number of nitrogens with one attached hydrogen (secondary N) is 1. The van der Waals surface area contributed by atoms with Crippen molar-refractivity contribution in [2.45, 2.75) is 4.90 Å². The number of nitrogens with two attached hydrogens (primary N) is 1. The summed E-state index contributed by atoms with van der Waals surface area (Å²) in [5.41, 5.74) is 1.36. The van der Waals surface area contributed by atoms with E-state index in [-0.39, 0.29) is 17.1 Å². The molecule has 0 radical (unpaired) electrons. The Morgan fingerprint density at radius 1 is 0.971 bits per heavy atom. The standard InChI is InChI=1S/C13H11N3O6S.C8H7NO2/c14-21-22-23-12-3-1-2-9(8-12)15-13(17)20-11-6-4-10(5-7-11)16(18)19;1-2-7-3-5-8(6-4-7)9(10)11/h1-8H,14H2,(H,15,17);2-6H,1H2. The van der Waals surface area contributed by atoms with Gasteiger partial charge in [0, 0.05) is 34.8 Å². The second-order valence-electron chi connectivity index (χ2n) is 6.09. The van der Waals surface area contributed by atoms with Crippen molar-refractivity contribution in [2.24, 2.45) is 5.90 Å². The summed E-state index contributed by atoms with van der Waals surface area (Å²) in [7, 11) is 0. The third-order valence-corrected chi connectivity index (χ3v) is 4.44. The largest absolute Gasteiger partial charge is 0.417 e. The lowest BCUT2D eigenvalue weighted by Crippen LogP contribution is -2.16. The highest BCUT2D eigenvalue weighted by Gasteiger charge is 2.09. The van der Waals surface area contributed by atoms with E-state index in [0.29, 0.717) is 10.6 Å². The van der Waals surface area contributed by atoms with Crippen molar-refractivity contribution < 1.29 is 28.7 Å². The summed E-state index contributed by atoms with van der Waals surface area (Å²) in [6.45, 7) is 3.54. The monoisotopic (exact) mass is 486 g/mol. The van der Waals surface area contributed by atoms with Crippen LogP contribution in [0.1, 0.15) is 5.56 Å². The van der Waals surface area contributed by atoms with E-state index in [1.807, 2.05) is 0 Å². The molecule has 3 rings (SSSR count). The zero-order chi connectivity index (χ0) is 24.9. The number of hydrogen-bond acceptors (Lipinski definition) is 10. The quantitative estimate of drug-likeness (QED) is 0.185. The number of carbonyl (C=O) groups is 1. The second kappa shape index (κ2) is 13.3. The highest BCUT2D eigenvalue weighted by molar-refractivity contribution is 7.94. The lowest BCUT2D eigenvalue weighted by Gasteiger charge is -2.07. The molecule has 3 aromatic rings. The molecule has 0 saturated carbocycles. The van der Waals surface area contributed by atoms with E-state index >= 15 is 0 Å². The van der Waals surface area contributed by atoms with E-state index in [1.165, 1.54) is 36.4 Å². The zero-order valence-corrected chi connectivity index (χ0v) is 18.2. The lowest BCUT2D eigenvalue weighted by molar-refractivity contribution is -0.385. The van der Waals surface area contributed by atoms with E-state index in [1.54, 1.807) is 42.5 Å². The minimum absolute atomic E-state index is 0.0930. The predicted molar refractivity (Wildman–Crippen MR) is 125 cm³/mol. The number of rotatable bonds is 8. The number of amides is 1. The van der Waals surface area contributed by atoms with Crippen molar-refractivity contribution in [3.8, 4) is 5.75 Å². The van der Waals surface area contributed by atoms with Crippen LogP contribution in [0.4, 0.5) is 21.9 Å². The number of hydrogen-bond donors (Lipinski definition) is 2. The van der Waals surface area contributed by atoms with Gasteiger partial charge in [-0.2, -0.15) is 5.90 Å². The number of anilines is 1. The Morgan fingerprint density at radius 3 is 2.09 bits per heavy atom. The molecule has 0 aliphatic carbocycles. The third-order valence-electron chi connectivity index (χ3n) is 3.85. The van der Waals surface area contributed by atoms with Crippen molar-refractivity contribution >= 4 is 41.3 Å². The number of ether oxygens (including phenoxy) is 1. The van der Waals surface area contributed by atoms with Crippen LogP contribution in [0.5, 0.6) is 5.75 Å². The first-order valence-electron chi connectivity index (χ1n) is 9.22. The van der Waals surface area contributed by atoms with Gasteiger partial charge in [0.25, 0.3) is 11.4 Å². The van der Waals surface area contributed by atoms with E-state index in [0.717, 1.165) is 17.6 Å². The molecule has 0 spiro atoms. The van der Waals surface area contributed by atoms with Crippen molar-refractivity contribution in [1.29, 1.82) is 0 Å². The minimum atomic E-state index is -0.739. The molecule has 3 aromatic carbocycles. The van der Waals surface area contributed by atoms with E-state index in [4.69, 9.17) is 10.6 Å². The van der Waals surface area contributed by atoms with Gasteiger partial charge in [0.2, 0.25) is 0 Å². The summed E-state index contributed by atoms with van der Waals surface area (Å²) in [6, 6.07) is 18.0. The first-order chi connectivity index (χ1) is 16.3. The Morgan fingerprint density at radius 2 is 1.56 bits per heavy atom. The van der Waals surface area contributed by atoms with Crippen LogP contribution in [-0.2, 0) is 9.32 Å². The fourth-order valence-corrected chi connectivity index (χ4v) is 2.73. The number of carbonyl (C=O) groups excluding carboxylic acids is 1. The van der Waals surface area contributed by atoms with Gasteiger partial charge in [-0.3, -0.25) is 25.5 Å². The molecule has 0 aromatic heterocycles. The smallest absolute Gasteiger partial charge is 0.410 e. The molecule has 0 aliphatic heterocycles. The van der Waals surface area contributed by atoms with E-state index < -0.39 is 15.9 Å². The van der Waals surface area contributed by atoms with Crippen LogP contribution in [0.3, 0.4) is 0 Å². The maximum Gasteiger partial charge on any atom is 0.417 e. The van der Waals surface area contributed by atoms with E-state index in [2.05, 4.69) is 21.2 Å². The second-order valence-corrected chi connectivity index (χ2v) is 6.87. The Kier molecular flexibility index (Phi) is 10.1. The number of nitro benzene ring substituents is 2. The summed E-state index contributed by atoms with van der Waals surface area (Å²) in [5.74, 6) is 4.91. The van der Waals surface area contributed by atoms with Crippen molar-refractivity contribution in [3.05, 3.63) is 105 Å². The zero-order valence-electron chi connectivity index (χ0n) is 17.4. The molecule has 0 aliphatic rings. The number of benzene rings is 3. The summed E-state index contributed by atoms with van der Waals surface area (Å²) < 4.78 is 9.52. The number of non-ortho nitro benzene ring substituents is 2. The Bertz CT molecular complexity index is 1140. The Hall–Kier alpha value is -4.30. The molecule has 0 fully saturated rings. The van der Waals surface area contributed by atoms with Gasteiger partial charge in [0.1, 0.15) is 5.75 Å². The molecule has 0 unspecified atom stereocenters. The van der Waals surface area contributed by atoms with Gasteiger partial charge >= 0.3 is 6.09 Å². The van der Waals surface area contributed by atoms with Crippen molar-refractivity contribution in [1.82, 2.24) is 0 Å². The van der Waals surface area contributed by atoms with Crippen LogP contribution in [-0.4, -0.2) is 15.9 Å². The maximum absolute atomic E-state index is 11.8. The maximum atomic E-state index is 11.8. The van der Waals surface area contributed by atoms with Crippen LogP contribution in [0.2, 0.25) is 0 Å². The van der Waals surface area contributed by atoms with Crippen LogP contribution in [0, 0.1) is 20.2 Å². The predicted octanol–water partition coefficient (Wildman–Crippen LogP) is 5.27. The van der Waals surface area contributed by atoms with Gasteiger partial charge < -0.3 is 4.74 Å². The Labute approximate surface area is 197 Å². The van der Waals surface area contributed by atoms with Gasteiger partial charge in [0.05, 0.1) is 21.9 Å². The van der Waals surface area contributed by atoms with Gasteiger partial charge in [0.15, 0.2) is 0 Å². The normalized spacial score (nSPS) is 9.79. The number of nitrogens with zero attached hydrogens (tertiary/aromatic N) is 2. The molecular weight excluding hydrogens is 468 g/mol. The fraction of sp³-hybridized carbons (Fsp3) is 0. The van der Waals surface area contributed by atoms with Crippen molar-refractivity contribution in [3.63, 3.8) is 0 Å². The average Bonchev–Trinajstić information content (AvgIpc) is 2.83. The van der Waals surface area contributed by atoms with Crippen molar-refractivity contribution in [2.75, 3.05) is 5.32 Å². The molecule has 0 saturated heterocycles. The van der Waals surface area contributed by atoms with Crippen LogP contribution in [0.25, 0.3) is 6.08 Å². The molecule has 3 N–H and O–H groups in total. The topological polar surface area (TPSA) is 169 Å². The molecule has 0 heterocycles. The molecule has 13 heteroatoms. The van der Waals surface area contributed by atoms with Crippen LogP contribution < -0.4 is 16.0 Å². The van der Waals surface area contributed by atoms with Gasteiger partial charge in [-0.15, -0.1) is 9.32 Å². The lowest BCUT2D eigenvalue weighted by atomic mass is 10.2. The first-order valence-corrected chi connectivity index (χ1v) is 9.97. The summed E-state index contributed by atoms with van der Waals surface area (Å²) >= 11 is 0.867. The molecule has 0 bridgehead atoms. The number of nitro groups is 2. The first kappa shape index (κ1) is 26.0. The van der Waals surface area contributed by atoms with Gasteiger partial charge in [-0.1, -0.05) is 18.7 Å². The minimum Gasteiger partial charge on any atom is -0.410 e. The molecule has 0 atom stereocenters. The molecule has 1 amide bonds. The van der Waals surface area contributed by atoms with Gasteiger partial charge in [-0.05, 0) is 48.0 Å².